The van der Waals surface area contributed by atoms with Gasteiger partial charge in [0.25, 0.3) is 5.56 Å². The zero-order valence-electron chi connectivity index (χ0n) is 13.3. The molecule has 0 amide bonds. The smallest absolute Gasteiger partial charge is 0.274 e. The van der Waals surface area contributed by atoms with Crippen molar-refractivity contribution in [2.24, 2.45) is 0 Å². The lowest BCUT2D eigenvalue weighted by molar-refractivity contribution is 0.521. The van der Waals surface area contributed by atoms with Gasteiger partial charge in [0.15, 0.2) is 0 Å². The first kappa shape index (κ1) is 15.4. The molecule has 2 rings (SSSR count). The van der Waals surface area contributed by atoms with E-state index in [1.54, 1.807) is 10.6 Å². The molecule has 21 heavy (non-hydrogen) atoms. The largest absolute Gasteiger partial charge is 0.394 e. The van der Waals surface area contributed by atoms with E-state index in [0.717, 1.165) is 17.7 Å². The summed E-state index contributed by atoms with van der Waals surface area (Å²) in [6.07, 6.45) is 0.889. The summed E-state index contributed by atoms with van der Waals surface area (Å²) in [5.74, 6) is 0.502. The summed E-state index contributed by atoms with van der Waals surface area (Å²) in [6, 6.07) is 12.2. The third-order valence-electron chi connectivity index (χ3n) is 4.05. The molecule has 0 saturated heterocycles. The van der Waals surface area contributed by atoms with Gasteiger partial charge in [-0.25, -0.2) is 0 Å². The Morgan fingerprint density at radius 2 is 1.67 bits per heavy atom. The van der Waals surface area contributed by atoms with Crippen LogP contribution in [0.1, 0.15) is 51.6 Å². The van der Waals surface area contributed by atoms with E-state index in [9.17, 15) is 4.79 Å². The van der Waals surface area contributed by atoms with Crippen LogP contribution in [-0.4, -0.2) is 4.57 Å². The Balaban J connectivity index is 2.58. The van der Waals surface area contributed by atoms with Crippen LogP contribution in [0.25, 0.3) is 11.3 Å². The molecule has 0 aliphatic rings. The summed E-state index contributed by atoms with van der Waals surface area (Å²) < 4.78 is 1.81. The predicted octanol–water partition coefficient (Wildman–Crippen LogP) is 4.19. The molecule has 1 atom stereocenters. The van der Waals surface area contributed by atoms with Gasteiger partial charge in [0, 0.05) is 6.04 Å². The maximum absolute atomic E-state index is 12.4. The molecular weight excluding hydrogens is 260 g/mol. The van der Waals surface area contributed by atoms with Gasteiger partial charge < -0.3 is 10.3 Å². The second kappa shape index (κ2) is 6.17. The fraction of sp³-hybridized carbons (Fsp3) is 0.389. The van der Waals surface area contributed by atoms with E-state index in [1.165, 1.54) is 5.56 Å². The van der Waals surface area contributed by atoms with Crippen molar-refractivity contribution in [3.05, 3.63) is 52.3 Å². The third-order valence-corrected chi connectivity index (χ3v) is 4.05. The second-order valence-corrected chi connectivity index (χ2v) is 5.88. The number of benzene rings is 1. The van der Waals surface area contributed by atoms with Crippen molar-refractivity contribution in [3.63, 3.8) is 0 Å². The van der Waals surface area contributed by atoms with E-state index in [2.05, 4.69) is 45.0 Å². The molecule has 3 heteroatoms. The van der Waals surface area contributed by atoms with Gasteiger partial charge in [-0.3, -0.25) is 4.79 Å². The second-order valence-electron chi connectivity index (χ2n) is 5.88. The van der Waals surface area contributed by atoms with Gasteiger partial charge >= 0.3 is 0 Å². The molecule has 2 N–H and O–H groups in total. The van der Waals surface area contributed by atoms with Crippen molar-refractivity contribution in [3.8, 4) is 11.3 Å². The molecule has 0 fully saturated rings. The van der Waals surface area contributed by atoms with E-state index in [-0.39, 0.29) is 11.6 Å². The summed E-state index contributed by atoms with van der Waals surface area (Å²) in [6.45, 7) is 8.47. The average molecular weight is 284 g/mol. The highest BCUT2D eigenvalue weighted by Crippen LogP contribution is 2.25. The van der Waals surface area contributed by atoms with Gasteiger partial charge in [-0.1, -0.05) is 45.0 Å². The van der Waals surface area contributed by atoms with Gasteiger partial charge in [0.1, 0.15) is 0 Å². The van der Waals surface area contributed by atoms with E-state index >= 15 is 0 Å². The number of nitrogens with zero attached hydrogens (tertiary/aromatic N) is 1. The van der Waals surface area contributed by atoms with Crippen LogP contribution in [0.3, 0.4) is 0 Å². The van der Waals surface area contributed by atoms with Crippen molar-refractivity contribution < 1.29 is 0 Å². The molecule has 1 aromatic carbocycles. The number of nitrogens with two attached hydrogens (primary N) is 1. The van der Waals surface area contributed by atoms with Gasteiger partial charge in [0.05, 0.1) is 11.4 Å². The molecule has 1 unspecified atom stereocenters. The lowest BCUT2D eigenvalue weighted by atomic mass is 10.00. The molecule has 0 bridgehead atoms. The van der Waals surface area contributed by atoms with Crippen LogP contribution < -0.4 is 11.3 Å². The first-order valence-corrected chi connectivity index (χ1v) is 7.57. The van der Waals surface area contributed by atoms with Gasteiger partial charge in [-0.05, 0) is 42.5 Å². The molecule has 1 heterocycles. The molecule has 2 aromatic rings. The van der Waals surface area contributed by atoms with Crippen molar-refractivity contribution in [2.45, 2.75) is 46.1 Å². The number of anilines is 1. The van der Waals surface area contributed by atoms with Crippen LogP contribution in [0.2, 0.25) is 0 Å². The highest BCUT2D eigenvalue weighted by Gasteiger charge is 2.13. The molecule has 3 nitrogen and oxygen atoms in total. The fourth-order valence-corrected chi connectivity index (χ4v) is 2.46. The first-order chi connectivity index (χ1) is 9.95. The number of rotatable bonds is 4. The van der Waals surface area contributed by atoms with Gasteiger partial charge in [-0.15, -0.1) is 0 Å². The lowest BCUT2D eigenvalue weighted by Crippen LogP contribution is -2.26. The number of hydrogen-bond donors (Lipinski definition) is 1. The van der Waals surface area contributed by atoms with E-state index in [4.69, 9.17) is 5.73 Å². The Morgan fingerprint density at radius 1 is 1.05 bits per heavy atom. The highest BCUT2D eigenvalue weighted by molar-refractivity contribution is 5.62. The molecule has 0 aliphatic heterocycles. The highest BCUT2D eigenvalue weighted by atomic mass is 16.1. The Bertz CT molecular complexity index is 669. The zero-order chi connectivity index (χ0) is 15.6. The van der Waals surface area contributed by atoms with E-state index in [0.29, 0.717) is 11.6 Å². The minimum absolute atomic E-state index is 0.102. The third kappa shape index (κ3) is 3.02. The Labute approximate surface area is 126 Å². The fourth-order valence-electron chi connectivity index (χ4n) is 2.46. The molecule has 0 saturated carbocycles. The van der Waals surface area contributed by atoms with Crippen LogP contribution in [-0.2, 0) is 0 Å². The number of pyridine rings is 1. The molecule has 0 spiro atoms. The normalized spacial score (nSPS) is 12.6. The topological polar surface area (TPSA) is 48.0 Å². The van der Waals surface area contributed by atoms with Gasteiger partial charge in [0.2, 0.25) is 0 Å². The Hall–Kier alpha value is -2.03. The standard InChI is InChI=1S/C18H24N2O/c1-5-13(4)20-17(11-10-16(19)18(20)21)15-8-6-14(7-9-15)12(2)3/h6-13H,5,19H2,1-4H3. The van der Waals surface area contributed by atoms with Gasteiger partial charge in [-0.2, -0.15) is 0 Å². The van der Waals surface area contributed by atoms with E-state index in [1.807, 2.05) is 13.0 Å². The van der Waals surface area contributed by atoms with Crippen molar-refractivity contribution in [2.75, 3.05) is 5.73 Å². The van der Waals surface area contributed by atoms with Crippen molar-refractivity contribution >= 4 is 5.69 Å². The summed E-state index contributed by atoms with van der Waals surface area (Å²) in [4.78, 5) is 12.4. The summed E-state index contributed by atoms with van der Waals surface area (Å²) in [5.41, 5.74) is 9.27. The van der Waals surface area contributed by atoms with Crippen LogP contribution in [0.5, 0.6) is 0 Å². The minimum Gasteiger partial charge on any atom is -0.394 e. The average Bonchev–Trinajstić information content (AvgIpc) is 2.49. The molecule has 0 aliphatic carbocycles. The molecule has 0 radical (unpaired) electrons. The van der Waals surface area contributed by atoms with Crippen molar-refractivity contribution in [1.29, 1.82) is 0 Å². The summed E-state index contributed by atoms with van der Waals surface area (Å²) in [7, 11) is 0. The Kier molecular flexibility index (Phi) is 4.51. The zero-order valence-corrected chi connectivity index (χ0v) is 13.3. The molecule has 1 aromatic heterocycles. The maximum Gasteiger partial charge on any atom is 0.274 e. The number of aromatic nitrogens is 1. The van der Waals surface area contributed by atoms with E-state index < -0.39 is 0 Å². The van der Waals surface area contributed by atoms with Crippen molar-refractivity contribution in [1.82, 2.24) is 4.57 Å². The Morgan fingerprint density at radius 3 is 2.19 bits per heavy atom. The van der Waals surface area contributed by atoms with Crippen LogP contribution >= 0.6 is 0 Å². The number of hydrogen-bond acceptors (Lipinski definition) is 2. The minimum atomic E-state index is -0.102. The SMILES string of the molecule is CCC(C)n1c(-c2ccc(C(C)C)cc2)ccc(N)c1=O. The number of nitrogen functional groups attached to an aromatic ring is 1. The lowest BCUT2D eigenvalue weighted by Gasteiger charge is -2.19. The maximum atomic E-state index is 12.4. The monoisotopic (exact) mass is 284 g/mol. The van der Waals surface area contributed by atoms with Crippen LogP contribution in [0, 0.1) is 0 Å². The molecular formula is C18H24N2O. The quantitative estimate of drug-likeness (QED) is 0.915. The van der Waals surface area contributed by atoms with Crippen LogP contribution in [0.4, 0.5) is 5.69 Å². The predicted molar refractivity (Wildman–Crippen MR) is 89.6 cm³/mol. The first-order valence-electron chi connectivity index (χ1n) is 7.57. The summed E-state index contributed by atoms with van der Waals surface area (Å²) >= 11 is 0. The van der Waals surface area contributed by atoms with Crippen LogP contribution in [0.15, 0.2) is 41.2 Å². The molecule has 112 valence electrons. The summed E-state index contributed by atoms with van der Waals surface area (Å²) in [5, 5.41) is 0.